The predicted octanol–water partition coefficient (Wildman–Crippen LogP) is 3.17. The first-order chi connectivity index (χ1) is 8.88. The van der Waals surface area contributed by atoms with E-state index < -0.39 is 17.5 Å². The maximum atomic E-state index is 12.6. The zero-order chi connectivity index (χ0) is 14.0. The maximum Gasteiger partial charge on any atom is 0.416 e. The molecule has 1 aromatic heterocycles. The van der Waals surface area contributed by atoms with E-state index in [1.165, 1.54) is 17.5 Å². The Balaban J connectivity index is 2.31. The minimum absolute atomic E-state index is 0.0366. The maximum absolute atomic E-state index is 12.6. The molecule has 0 aliphatic heterocycles. The summed E-state index contributed by atoms with van der Waals surface area (Å²) in [5.41, 5.74) is 4.59. The van der Waals surface area contributed by atoms with Gasteiger partial charge >= 0.3 is 6.18 Å². The van der Waals surface area contributed by atoms with E-state index >= 15 is 0 Å². The molecule has 2 aromatic rings. The number of aromatic nitrogens is 1. The van der Waals surface area contributed by atoms with Crippen LogP contribution in [0.15, 0.2) is 29.8 Å². The van der Waals surface area contributed by atoms with Crippen LogP contribution in [0.5, 0.6) is 0 Å². The number of nitrogens with zero attached hydrogens (tertiary/aromatic N) is 1. The van der Waals surface area contributed by atoms with Crippen LogP contribution < -0.4 is 5.73 Å². The molecule has 100 valence electrons. The average Bonchev–Trinajstić information content (AvgIpc) is 2.80. The number of nitrogen functional groups attached to an aromatic ring is 1. The highest BCUT2D eigenvalue weighted by atomic mass is 32.1. The molecule has 0 aliphatic carbocycles. The molecule has 0 saturated heterocycles. The fraction of sp³-hybridized carbons (Fsp3) is 0.167. The summed E-state index contributed by atoms with van der Waals surface area (Å²) in [7, 11) is 0. The van der Waals surface area contributed by atoms with Crippen LogP contribution in [0, 0.1) is 0 Å². The van der Waals surface area contributed by atoms with E-state index in [0.717, 1.165) is 18.2 Å². The van der Waals surface area contributed by atoms with Gasteiger partial charge in [-0.3, -0.25) is 4.79 Å². The van der Waals surface area contributed by atoms with Crippen LogP contribution in [0.3, 0.4) is 0 Å². The number of anilines is 1. The monoisotopic (exact) mass is 286 g/mol. The molecule has 0 saturated carbocycles. The van der Waals surface area contributed by atoms with Crippen molar-refractivity contribution in [3.05, 3.63) is 45.9 Å². The van der Waals surface area contributed by atoms with Crippen molar-refractivity contribution in [2.75, 3.05) is 5.73 Å². The van der Waals surface area contributed by atoms with Crippen molar-refractivity contribution < 1.29 is 18.0 Å². The highest BCUT2D eigenvalue weighted by Crippen LogP contribution is 2.31. The minimum atomic E-state index is -4.50. The third-order valence-electron chi connectivity index (χ3n) is 2.48. The van der Waals surface area contributed by atoms with Crippen LogP contribution in [0.1, 0.15) is 20.9 Å². The van der Waals surface area contributed by atoms with Crippen LogP contribution >= 0.6 is 11.3 Å². The van der Waals surface area contributed by atoms with E-state index in [2.05, 4.69) is 4.98 Å². The summed E-state index contributed by atoms with van der Waals surface area (Å²) in [6, 6.07) is 2.73. The number of nitrogens with two attached hydrogens (primary N) is 1. The second-order valence-electron chi connectivity index (χ2n) is 3.83. The number of Topliss-reactive ketones (excluding diaryl/α,β-unsaturated/α-hetero) is 1. The first-order valence-corrected chi connectivity index (χ1v) is 6.14. The quantitative estimate of drug-likeness (QED) is 0.696. The molecular weight excluding hydrogens is 277 g/mol. The lowest BCUT2D eigenvalue weighted by molar-refractivity contribution is -0.137. The van der Waals surface area contributed by atoms with Gasteiger partial charge in [-0.1, -0.05) is 0 Å². The van der Waals surface area contributed by atoms with Gasteiger partial charge in [0.2, 0.25) is 0 Å². The van der Waals surface area contributed by atoms with Gasteiger partial charge in [0.15, 0.2) is 5.78 Å². The number of ketones is 1. The molecule has 2 N–H and O–H groups in total. The average molecular weight is 286 g/mol. The zero-order valence-corrected chi connectivity index (χ0v) is 10.4. The number of hydrogen-bond donors (Lipinski definition) is 1. The number of carbonyl (C=O) groups excluding carboxylic acids is 1. The number of carbonyl (C=O) groups is 1. The summed E-state index contributed by atoms with van der Waals surface area (Å²) in [4.78, 5) is 15.8. The Morgan fingerprint density at radius 3 is 2.68 bits per heavy atom. The molecule has 0 spiro atoms. The van der Waals surface area contributed by atoms with Crippen LogP contribution in [-0.4, -0.2) is 10.8 Å². The molecule has 0 aliphatic rings. The van der Waals surface area contributed by atoms with E-state index in [9.17, 15) is 18.0 Å². The molecule has 1 aromatic carbocycles. The van der Waals surface area contributed by atoms with Gasteiger partial charge in [-0.15, -0.1) is 11.3 Å². The highest BCUT2D eigenvalue weighted by Gasteiger charge is 2.31. The third kappa shape index (κ3) is 3.11. The van der Waals surface area contributed by atoms with E-state index in [1.807, 2.05) is 0 Å². The second kappa shape index (κ2) is 5.00. The first-order valence-electron chi connectivity index (χ1n) is 5.26. The Kier molecular flexibility index (Phi) is 3.57. The summed E-state index contributed by atoms with van der Waals surface area (Å²) >= 11 is 1.27. The lowest BCUT2D eigenvalue weighted by Gasteiger charge is -2.10. The number of thiazole rings is 1. The molecule has 3 nitrogen and oxygen atoms in total. The zero-order valence-electron chi connectivity index (χ0n) is 9.57. The van der Waals surface area contributed by atoms with Crippen molar-refractivity contribution in [1.29, 1.82) is 0 Å². The lowest BCUT2D eigenvalue weighted by atomic mass is 10.0. The third-order valence-corrected chi connectivity index (χ3v) is 3.26. The van der Waals surface area contributed by atoms with E-state index in [4.69, 9.17) is 5.73 Å². The van der Waals surface area contributed by atoms with Crippen molar-refractivity contribution in [2.24, 2.45) is 0 Å². The molecule has 0 amide bonds. The van der Waals surface area contributed by atoms with Gasteiger partial charge in [-0.2, -0.15) is 13.2 Å². The Labute approximate surface area is 110 Å². The van der Waals surface area contributed by atoms with Gasteiger partial charge in [0.1, 0.15) is 5.01 Å². The van der Waals surface area contributed by atoms with Gasteiger partial charge in [0.05, 0.1) is 12.0 Å². The molecule has 0 bridgehead atoms. The summed E-state index contributed by atoms with van der Waals surface area (Å²) in [6.07, 6.45) is -3.02. The number of rotatable bonds is 3. The van der Waals surface area contributed by atoms with Crippen LogP contribution in [0.4, 0.5) is 18.9 Å². The Bertz CT molecular complexity index is 594. The number of halogens is 3. The molecule has 1 heterocycles. The van der Waals surface area contributed by atoms with Crippen molar-refractivity contribution in [3.63, 3.8) is 0 Å². The Morgan fingerprint density at radius 1 is 1.37 bits per heavy atom. The van der Waals surface area contributed by atoms with E-state index in [0.29, 0.717) is 5.01 Å². The smallest absolute Gasteiger partial charge is 0.398 e. The summed E-state index contributed by atoms with van der Waals surface area (Å²) in [5.74, 6) is -0.474. The Morgan fingerprint density at radius 2 is 2.11 bits per heavy atom. The predicted molar refractivity (Wildman–Crippen MR) is 66.0 cm³/mol. The van der Waals surface area contributed by atoms with Gasteiger partial charge in [0, 0.05) is 22.8 Å². The van der Waals surface area contributed by atoms with Crippen molar-refractivity contribution >= 4 is 22.8 Å². The molecule has 0 atom stereocenters. The normalized spacial score (nSPS) is 11.5. The van der Waals surface area contributed by atoms with Crippen LogP contribution in [0.2, 0.25) is 0 Å². The van der Waals surface area contributed by atoms with Crippen LogP contribution in [-0.2, 0) is 12.6 Å². The lowest BCUT2D eigenvalue weighted by Crippen LogP contribution is -2.11. The fourth-order valence-electron chi connectivity index (χ4n) is 1.55. The minimum Gasteiger partial charge on any atom is -0.398 e. The van der Waals surface area contributed by atoms with Gasteiger partial charge in [0.25, 0.3) is 0 Å². The molecule has 0 fully saturated rings. The molecule has 0 radical (unpaired) electrons. The Hall–Kier alpha value is -1.89. The molecule has 19 heavy (non-hydrogen) atoms. The van der Waals surface area contributed by atoms with Crippen molar-refractivity contribution in [2.45, 2.75) is 12.6 Å². The summed E-state index contributed by atoms with van der Waals surface area (Å²) in [6.45, 7) is 0. The highest BCUT2D eigenvalue weighted by molar-refractivity contribution is 7.09. The fourth-order valence-corrected chi connectivity index (χ4v) is 2.16. The van der Waals surface area contributed by atoms with E-state index in [1.54, 1.807) is 5.38 Å². The second-order valence-corrected chi connectivity index (χ2v) is 4.80. The number of benzene rings is 1. The standard InChI is InChI=1S/C12H9F3N2OS/c13-12(14,15)7-1-2-9(16)8(5-7)10(18)6-11-17-3-4-19-11/h1-5H,6,16H2. The molecule has 2 rings (SSSR count). The molecule has 7 heteroatoms. The summed E-state index contributed by atoms with van der Waals surface area (Å²) < 4.78 is 37.7. The van der Waals surface area contributed by atoms with Crippen molar-refractivity contribution in [3.8, 4) is 0 Å². The van der Waals surface area contributed by atoms with Gasteiger partial charge < -0.3 is 5.73 Å². The van der Waals surface area contributed by atoms with E-state index in [-0.39, 0.29) is 17.7 Å². The van der Waals surface area contributed by atoms with Crippen molar-refractivity contribution in [1.82, 2.24) is 4.98 Å². The number of hydrogen-bond acceptors (Lipinski definition) is 4. The number of alkyl halides is 3. The molecule has 0 unspecified atom stereocenters. The topological polar surface area (TPSA) is 56.0 Å². The SMILES string of the molecule is Nc1ccc(C(F)(F)F)cc1C(=O)Cc1nccs1. The van der Waals surface area contributed by atoms with Crippen LogP contribution in [0.25, 0.3) is 0 Å². The molecular formula is C12H9F3N2OS. The summed E-state index contributed by atoms with van der Waals surface area (Å²) in [5, 5.41) is 2.24. The van der Waals surface area contributed by atoms with Gasteiger partial charge in [-0.05, 0) is 18.2 Å². The largest absolute Gasteiger partial charge is 0.416 e. The van der Waals surface area contributed by atoms with Gasteiger partial charge in [-0.25, -0.2) is 4.98 Å². The first kappa shape index (κ1) is 13.5.